The number of rotatable bonds is 10. The maximum atomic E-state index is 2.62. The van der Waals surface area contributed by atoms with Crippen LogP contribution in [0.1, 0.15) is 57.3 Å². The third-order valence-corrected chi connectivity index (χ3v) is 17.8. The number of fused-ring (bicyclic) bond motifs is 5. The first-order chi connectivity index (χ1) is 37.7. The van der Waals surface area contributed by atoms with Crippen LogP contribution in [0.5, 0.6) is 0 Å². The van der Waals surface area contributed by atoms with E-state index in [9.17, 15) is 0 Å². The highest BCUT2D eigenvalue weighted by atomic mass is 15.2. The minimum absolute atomic E-state index is 0.191. The van der Waals surface area contributed by atoms with Crippen molar-refractivity contribution in [3.63, 3.8) is 0 Å². The van der Waals surface area contributed by atoms with Gasteiger partial charge in [-0.15, -0.1) is 0 Å². The largest absolute Gasteiger partial charge is 0.310 e. The molecule has 76 heavy (non-hydrogen) atoms. The van der Waals surface area contributed by atoms with E-state index in [4.69, 9.17) is 0 Å². The van der Waals surface area contributed by atoms with Gasteiger partial charge in [0.2, 0.25) is 0 Å². The summed E-state index contributed by atoms with van der Waals surface area (Å²) in [4.78, 5) is 5.18. The van der Waals surface area contributed by atoms with Crippen molar-refractivity contribution in [2.45, 2.75) is 36.5 Å². The molecule has 3 atom stereocenters. The molecule has 4 aliphatic carbocycles. The SMILES string of the molecule is c1ccc(-c2ccc(-c3ccc(N(c4ccccc4)c4cccc5c4C46c7c(cccc7N(c7ccccc7)c7ccc8c(c7)C(c7ccccc7)(c7ccccc7)c7ccccc7-8)CC4CCC6C5)cc3)cc2)cc1. The van der Waals surface area contributed by atoms with E-state index in [2.05, 4.69) is 289 Å². The zero-order valence-electron chi connectivity index (χ0n) is 42.4. The van der Waals surface area contributed by atoms with Crippen LogP contribution in [0.25, 0.3) is 33.4 Å². The van der Waals surface area contributed by atoms with E-state index in [0.717, 1.165) is 24.2 Å². The zero-order valence-corrected chi connectivity index (χ0v) is 42.4. The van der Waals surface area contributed by atoms with Gasteiger partial charge in [-0.25, -0.2) is 0 Å². The van der Waals surface area contributed by atoms with E-state index in [0.29, 0.717) is 11.8 Å². The van der Waals surface area contributed by atoms with Crippen LogP contribution in [0.15, 0.2) is 279 Å². The second-order valence-electron chi connectivity index (χ2n) is 21.5. The Labute approximate surface area is 446 Å². The Morgan fingerprint density at radius 1 is 0.303 bits per heavy atom. The van der Waals surface area contributed by atoms with Crippen LogP contribution in [-0.2, 0) is 23.7 Å². The van der Waals surface area contributed by atoms with Gasteiger partial charge in [-0.05, 0) is 176 Å². The minimum Gasteiger partial charge on any atom is -0.310 e. The average Bonchev–Trinajstić information content (AvgIpc) is 4.37. The molecule has 11 aromatic carbocycles. The van der Waals surface area contributed by atoms with E-state index in [1.54, 1.807) is 0 Å². The fraction of sp³-hybridized carbons (Fsp3) is 0.108. The number of anilines is 6. The van der Waals surface area contributed by atoms with Gasteiger partial charge in [0.1, 0.15) is 0 Å². The molecule has 2 nitrogen and oxygen atoms in total. The fourth-order valence-corrected chi connectivity index (χ4v) is 14.9. The van der Waals surface area contributed by atoms with Gasteiger partial charge in [-0.3, -0.25) is 0 Å². The minimum atomic E-state index is -0.517. The van der Waals surface area contributed by atoms with Crippen molar-refractivity contribution in [2.24, 2.45) is 11.8 Å². The van der Waals surface area contributed by atoms with Crippen molar-refractivity contribution in [1.82, 2.24) is 0 Å². The molecule has 0 heterocycles. The first kappa shape index (κ1) is 44.5. The van der Waals surface area contributed by atoms with Crippen molar-refractivity contribution in [3.05, 3.63) is 324 Å². The van der Waals surface area contributed by atoms with Crippen molar-refractivity contribution in [3.8, 4) is 33.4 Å². The van der Waals surface area contributed by atoms with Gasteiger partial charge < -0.3 is 9.80 Å². The van der Waals surface area contributed by atoms with E-state index in [1.807, 2.05) is 0 Å². The highest BCUT2D eigenvalue weighted by Gasteiger charge is 2.62. The lowest BCUT2D eigenvalue weighted by Crippen LogP contribution is -2.34. The van der Waals surface area contributed by atoms with Crippen LogP contribution in [0.4, 0.5) is 34.1 Å². The second kappa shape index (κ2) is 17.9. The summed E-state index contributed by atoms with van der Waals surface area (Å²) in [6, 6.07) is 105. The Hall–Kier alpha value is -8.98. The summed E-state index contributed by atoms with van der Waals surface area (Å²) >= 11 is 0. The van der Waals surface area contributed by atoms with Crippen LogP contribution in [0, 0.1) is 11.8 Å². The maximum absolute atomic E-state index is 2.62. The van der Waals surface area contributed by atoms with Gasteiger partial charge >= 0.3 is 0 Å². The molecular weight excluding hydrogens is 917 g/mol. The van der Waals surface area contributed by atoms with Gasteiger partial charge in [0.15, 0.2) is 0 Å². The number of nitrogens with zero attached hydrogens (tertiary/aromatic N) is 2. The van der Waals surface area contributed by atoms with Crippen LogP contribution in [-0.4, -0.2) is 0 Å². The summed E-state index contributed by atoms with van der Waals surface area (Å²) in [6.07, 6.45) is 4.58. The topological polar surface area (TPSA) is 6.48 Å². The van der Waals surface area contributed by atoms with E-state index >= 15 is 0 Å². The molecule has 0 bridgehead atoms. The summed E-state index contributed by atoms with van der Waals surface area (Å²) < 4.78 is 0. The monoisotopic (exact) mass is 972 g/mol. The Balaban J connectivity index is 0.910. The summed E-state index contributed by atoms with van der Waals surface area (Å²) in [5.74, 6) is 0.955. The average molecular weight is 973 g/mol. The molecule has 0 saturated heterocycles. The third-order valence-electron chi connectivity index (χ3n) is 17.8. The maximum Gasteiger partial charge on any atom is 0.0714 e. The molecule has 15 rings (SSSR count). The molecule has 11 aromatic rings. The molecule has 2 heteroatoms. The number of hydrogen-bond donors (Lipinski definition) is 0. The normalized spacial score (nSPS) is 17.9. The zero-order chi connectivity index (χ0) is 50.2. The van der Waals surface area contributed by atoms with E-state index in [1.165, 1.54) is 113 Å². The molecule has 0 amide bonds. The predicted molar refractivity (Wildman–Crippen MR) is 315 cm³/mol. The van der Waals surface area contributed by atoms with E-state index < -0.39 is 5.41 Å². The first-order valence-electron chi connectivity index (χ1n) is 27.3. The van der Waals surface area contributed by atoms with Crippen LogP contribution in [0.3, 0.4) is 0 Å². The standard InChI is InChI=1S/C74H56N2/c1-6-20-51(21-7-1)52-36-38-53(39-37-52)54-40-44-63(45-41-54)75(61-28-12-4-13-29-61)69-34-18-22-55-48-59-42-43-60-49-56-23-19-35-70(72(56)74(59,60)71(55)69)76(62-30-14-5-15-31-62)64-46-47-66-65-32-16-17-33-67(65)73(68(66)50-64,57-24-8-2-9-25-57)58-26-10-3-11-27-58/h1-41,44-47,50,59-60H,42-43,48-49H2. The second-order valence-corrected chi connectivity index (χ2v) is 21.5. The quantitative estimate of drug-likeness (QED) is 0.135. The van der Waals surface area contributed by atoms with Gasteiger partial charge in [0.05, 0.1) is 16.8 Å². The fourth-order valence-electron chi connectivity index (χ4n) is 14.9. The molecule has 4 aliphatic rings. The van der Waals surface area contributed by atoms with Crippen molar-refractivity contribution in [1.29, 1.82) is 0 Å². The Morgan fingerprint density at radius 2 is 0.697 bits per heavy atom. The third kappa shape index (κ3) is 6.66. The van der Waals surface area contributed by atoms with Crippen LogP contribution >= 0.6 is 0 Å². The summed E-state index contributed by atoms with van der Waals surface area (Å²) in [6.45, 7) is 0. The summed E-state index contributed by atoms with van der Waals surface area (Å²) in [5, 5.41) is 0. The van der Waals surface area contributed by atoms with E-state index in [-0.39, 0.29) is 5.41 Å². The lowest BCUT2D eigenvalue weighted by atomic mass is 9.67. The molecular formula is C74H56N2. The molecule has 362 valence electrons. The smallest absolute Gasteiger partial charge is 0.0714 e. The lowest BCUT2D eigenvalue weighted by molar-refractivity contribution is 0.350. The number of hydrogen-bond acceptors (Lipinski definition) is 2. The Bertz CT molecular complexity index is 3880. The van der Waals surface area contributed by atoms with Gasteiger partial charge in [0, 0.05) is 28.2 Å². The summed E-state index contributed by atoms with van der Waals surface area (Å²) in [7, 11) is 0. The van der Waals surface area contributed by atoms with Crippen LogP contribution in [0.2, 0.25) is 0 Å². The number of benzene rings is 11. The van der Waals surface area contributed by atoms with Gasteiger partial charge in [0.25, 0.3) is 0 Å². The van der Waals surface area contributed by atoms with Crippen LogP contribution < -0.4 is 9.80 Å². The lowest BCUT2D eigenvalue weighted by Gasteiger charge is -2.40. The Morgan fingerprint density at radius 3 is 1.22 bits per heavy atom. The first-order valence-corrected chi connectivity index (χ1v) is 27.3. The molecule has 0 radical (unpaired) electrons. The molecule has 3 unspecified atom stereocenters. The highest BCUT2D eigenvalue weighted by Crippen LogP contribution is 2.69. The highest BCUT2D eigenvalue weighted by molar-refractivity contribution is 5.92. The summed E-state index contributed by atoms with van der Waals surface area (Å²) in [5.41, 5.74) is 25.2. The number of para-hydroxylation sites is 2. The van der Waals surface area contributed by atoms with Gasteiger partial charge in [-0.2, -0.15) is 0 Å². The molecule has 1 fully saturated rings. The molecule has 0 aliphatic heterocycles. The molecule has 1 saturated carbocycles. The van der Waals surface area contributed by atoms with Crippen molar-refractivity contribution < 1.29 is 0 Å². The van der Waals surface area contributed by atoms with Crippen molar-refractivity contribution in [2.75, 3.05) is 9.80 Å². The molecule has 1 spiro atoms. The van der Waals surface area contributed by atoms with Gasteiger partial charge in [-0.1, -0.05) is 218 Å². The molecule has 0 aromatic heterocycles. The Kier molecular flexibility index (Phi) is 10.5. The predicted octanol–water partition coefficient (Wildman–Crippen LogP) is 18.7. The van der Waals surface area contributed by atoms with Crippen molar-refractivity contribution >= 4 is 34.1 Å². The molecule has 0 N–H and O–H groups in total.